The Morgan fingerprint density at radius 1 is 0.968 bits per heavy atom. The van der Waals surface area contributed by atoms with E-state index in [9.17, 15) is 0 Å². The molecule has 0 saturated carbocycles. The summed E-state index contributed by atoms with van der Waals surface area (Å²) < 4.78 is 14.6. The van der Waals surface area contributed by atoms with Crippen LogP contribution in [0.15, 0.2) is 48.5 Å². The normalized spacial score (nSPS) is 11.0. The number of ether oxygens (including phenoxy) is 2. The van der Waals surface area contributed by atoms with Gasteiger partial charge < -0.3 is 14.4 Å². The van der Waals surface area contributed by atoms with Gasteiger partial charge in [-0.15, -0.1) is 0 Å². The molecule has 0 aliphatic heterocycles. The van der Waals surface area contributed by atoms with Crippen molar-refractivity contribution in [1.82, 2.24) is 14.5 Å². The van der Waals surface area contributed by atoms with Gasteiger partial charge in [-0.25, -0.2) is 9.97 Å². The molecule has 2 aromatic carbocycles. The van der Waals surface area contributed by atoms with Gasteiger partial charge in [0.05, 0.1) is 14.2 Å². The summed E-state index contributed by atoms with van der Waals surface area (Å²) in [6.07, 6.45) is 0. The van der Waals surface area contributed by atoms with E-state index in [0.29, 0.717) is 17.3 Å². The first-order valence-corrected chi connectivity index (χ1v) is 11.3. The Hall–Kier alpha value is -2.97. The van der Waals surface area contributed by atoms with Crippen LogP contribution in [-0.4, -0.2) is 41.8 Å². The predicted octanol–water partition coefficient (Wildman–Crippen LogP) is 5.74. The van der Waals surface area contributed by atoms with Crippen molar-refractivity contribution in [1.29, 1.82) is 0 Å². The Morgan fingerprint density at radius 3 is 2.32 bits per heavy atom. The molecule has 6 nitrogen and oxygen atoms in total. The molecule has 0 radical (unpaired) electrons. The number of methoxy groups -OCH3 is 2. The van der Waals surface area contributed by atoms with Crippen molar-refractivity contribution in [3.05, 3.63) is 52.5 Å². The zero-order chi connectivity index (χ0) is 22.0. The summed E-state index contributed by atoms with van der Waals surface area (Å²) in [5, 5.41) is 0. The van der Waals surface area contributed by atoms with Crippen molar-refractivity contribution in [2.75, 3.05) is 32.2 Å². The molecule has 0 N–H and O–H groups in total. The molecule has 0 aliphatic rings. The van der Waals surface area contributed by atoms with E-state index in [0.717, 1.165) is 44.5 Å². The molecule has 160 valence electrons. The van der Waals surface area contributed by atoms with E-state index in [1.54, 1.807) is 25.6 Å². The standard InChI is InChI=1S/C23H24N4O2S2/c1-5-26(6-2)21-19-22(27(23(30)31-19)16-10-8-7-9-11-16)25-20(24-21)15-12-13-17(28-3)18(14-15)29-4/h7-14H,5-6H2,1-4H3. The molecule has 0 spiro atoms. The Morgan fingerprint density at radius 2 is 1.68 bits per heavy atom. The highest BCUT2D eigenvalue weighted by Crippen LogP contribution is 2.36. The third-order valence-electron chi connectivity index (χ3n) is 5.13. The van der Waals surface area contributed by atoms with Gasteiger partial charge in [0.15, 0.2) is 32.7 Å². The monoisotopic (exact) mass is 452 g/mol. The molecule has 0 amide bonds. The molecule has 0 saturated heterocycles. The summed E-state index contributed by atoms with van der Waals surface area (Å²) in [7, 11) is 3.25. The third kappa shape index (κ3) is 3.88. The maximum Gasteiger partial charge on any atom is 0.168 e. The number of benzene rings is 2. The van der Waals surface area contributed by atoms with E-state index >= 15 is 0 Å². The van der Waals surface area contributed by atoms with Crippen LogP contribution in [0.25, 0.3) is 27.4 Å². The first-order valence-electron chi connectivity index (χ1n) is 10.1. The fourth-order valence-corrected chi connectivity index (χ4v) is 4.93. The lowest BCUT2D eigenvalue weighted by Gasteiger charge is -2.21. The van der Waals surface area contributed by atoms with Gasteiger partial charge in [0, 0.05) is 24.3 Å². The van der Waals surface area contributed by atoms with E-state index in [4.69, 9.17) is 31.7 Å². The van der Waals surface area contributed by atoms with Gasteiger partial charge in [-0.1, -0.05) is 29.5 Å². The molecule has 2 aromatic heterocycles. The molecular weight excluding hydrogens is 428 g/mol. The van der Waals surface area contributed by atoms with Crippen molar-refractivity contribution in [3.63, 3.8) is 0 Å². The summed E-state index contributed by atoms with van der Waals surface area (Å²) in [6.45, 7) is 5.93. The second kappa shape index (κ2) is 9.03. The molecule has 8 heteroatoms. The van der Waals surface area contributed by atoms with Crippen molar-refractivity contribution in [2.24, 2.45) is 0 Å². The lowest BCUT2D eigenvalue weighted by Crippen LogP contribution is -2.23. The molecule has 2 heterocycles. The van der Waals surface area contributed by atoms with E-state index in [1.165, 1.54) is 0 Å². The molecule has 0 unspecified atom stereocenters. The van der Waals surface area contributed by atoms with Crippen LogP contribution in [0.3, 0.4) is 0 Å². The maximum absolute atomic E-state index is 5.74. The van der Waals surface area contributed by atoms with Crippen molar-refractivity contribution in [3.8, 4) is 28.6 Å². The number of fused-ring (bicyclic) bond motifs is 1. The number of thiazole rings is 1. The number of hydrogen-bond acceptors (Lipinski definition) is 7. The number of anilines is 1. The molecule has 0 bridgehead atoms. The van der Waals surface area contributed by atoms with Crippen LogP contribution in [0.1, 0.15) is 13.8 Å². The minimum atomic E-state index is 0.618. The lowest BCUT2D eigenvalue weighted by molar-refractivity contribution is 0.355. The van der Waals surface area contributed by atoms with Crippen molar-refractivity contribution < 1.29 is 9.47 Å². The molecule has 0 fully saturated rings. The summed E-state index contributed by atoms with van der Waals surface area (Å²) in [5.74, 6) is 2.82. The number of hydrogen-bond donors (Lipinski definition) is 0. The lowest BCUT2D eigenvalue weighted by atomic mass is 10.2. The van der Waals surface area contributed by atoms with Crippen molar-refractivity contribution in [2.45, 2.75) is 13.8 Å². The topological polar surface area (TPSA) is 52.4 Å². The number of aromatic nitrogens is 3. The van der Waals surface area contributed by atoms with Crippen LogP contribution >= 0.6 is 23.6 Å². The number of para-hydroxylation sites is 1. The molecular formula is C23H24N4O2S2. The van der Waals surface area contributed by atoms with Crippen LogP contribution in [0.2, 0.25) is 0 Å². The van der Waals surface area contributed by atoms with Crippen LogP contribution < -0.4 is 14.4 Å². The van der Waals surface area contributed by atoms with Gasteiger partial charge in [0.2, 0.25) is 0 Å². The highest BCUT2D eigenvalue weighted by atomic mass is 32.1. The number of rotatable bonds is 7. The average Bonchev–Trinajstić information content (AvgIpc) is 3.15. The Kier molecular flexibility index (Phi) is 6.20. The first-order chi connectivity index (χ1) is 15.1. The Labute approximate surface area is 190 Å². The summed E-state index contributed by atoms with van der Waals surface area (Å²) in [5.41, 5.74) is 2.65. The van der Waals surface area contributed by atoms with E-state index in [-0.39, 0.29) is 0 Å². The molecule has 4 rings (SSSR count). The van der Waals surface area contributed by atoms with Crippen LogP contribution in [0.4, 0.5) is 5.82 Å². The summed E-state index contributed by atoms with van der Waals surface area (Å²) in [4.78, 5) is 12.2. The fraction of sp³-hybridized carbons (Fsp3) is 0.261. The second-order valence-corrected chi connectivity index (χ2v) is 8.45. The highest BCUT2D eigenvalue weighted by Gasteiger charge is 2.20. The van der Waals surface area contributed by atoms with Gasteiger partial charge in [0.25, 0.3) is 0 Å². The fourth-order valence-electron chi connectivity index (χ4n) is 3.54. The molecule has 4 aromatic rings. The zero-order valence-corrected chi connectivity index (χ0v) is 19.6. The minimum absolute atomic E-state index is 0.618. The van der Waals surface area contributed by atoms with Crippen molar-refractivity contribution >= 4 is 39.7 Å². The van der Waals surface area contributed by atoms with Gasteiger partial charge in [-0.2, -0.15) is 0 Å². The number of nitrogens with zero attached hydrogens (tertiary/aromatic N) is 4. The van der Waals surface area contributed by atoms with E-state index < -0.39 is 0 Å². The summed E-state index contributed by atoms with van der Waals surface area (Å²) >= 11 is 7.29. The highest BCUT2D eigenvalue weighted by molar-refractivity contribution is 7.73. The van der Waals surface area contributed by atoms with Gasteiger partial charge in [-0.3, -0.25) is 4.57 Å². The average molecular weight is 453 g/mol. The largest absolute Gasteiger partial charge is 0.493 e. The van der Waals surface area contributed by atoms with E-state index in [1.807, 2.05) is 53.1 Å². The first kappa shape index (κ1) is 21.3. The van der Waals surface area contributed by atoms with E-state index in [2.05, 4.69) is 18.7 Å². The Balaban J connectivity index is 2.02. The van der Waals surface area contributed by atoms with Crippen LogP contribution in [0, 0.1) is 3.95 Å². The van der Waals surface area contributed by atoms with Gasteiger partial charge in [-0.05, 0) is 56.4 Å². The third-order valence-corrected chi connectivity index (χ3v) is 6.49. The molecule has 31 heavy (non-hydrogen) atoms. The predicted molar refractivity (Wildman–Crippen MR) is 130 cm³/mol. The SMILES string of the molecule is CCN(CC)c1nc(-c2ccc(OC)c(OC)c2)nc2c1sc(=S)n2-c1ccccc1. The second-order valence-electron chi connectivity index (χ2n) is 6.80. The van der Waals surface area contributed by atoms with Crippen LogP contribution in [0.5, 0.6) is 11.5 Å². The maximum atomic E-state index is 5.74. The summed E-state index contributed by atoms with van der Waals surface area (Å²) in [6, 6.07) is 15.8. The van der Waals surface area contributed by atoms with Gasteiger partial charge in [0.1, 0.15) is 4.70 Å². The Bertz CT molecular complexity index is 1260. The van der Waals surface area contributed by atoms with Crippen LogP contribution in [-0.2, 0) is 0 Å². The molecule has 0 atom stereocenters. The quantitative estimate of drug-likeness (QED) is 0.333. The van der Waals surface area contributed by atoms with Gasteiger partial charge >= 0.3 is 0 Å². The minimum Gasteiger partial charge on any atom is -0.493 e. The molecule has 0 aliphatic carbocycles. The smallest absolute Gasteiger partial charge is 0.168 e. The zero-order valence-electron chi connectivity index (χ0n) is 18.0.